The van der Waals surface area contributed by atoms with Crippen LogP contribution in [0.1, 0.15) is 54.6 Å². The number of aromatic nitrogens is 2. The number of hydrogen-bond donors (Lipinski definition) is 0. The normalized spacial score (nSPS) is 18.0. The first-order valence-electron chi connectivity index (χ1n) is 10.6. The molecule has 2 heterocycles. The van der Waals surface area contributed by atoms with Crippen molar-refractivity contribution in [3.05, 3.63) is 46.8 Å². The molecule has 1 saturated carbocycles. The first-order chi connectivity index (χ1) is 14.2. The second-order valence-electron chi connectivity index (χ2n) is 8.20. The average molecular weight is 393 g/mol. The molecule has 1 aromatic carbocycles. The van der Waals surface area contributed by atoms with Crippen molar-refractivity contribution < 1.29 is 14.3 Å². The summed E-state index contributed by atoms with van der Waals surface area (Å²) < 4.78 is 12.8. The fraction of sp³-hybridized carbons (Fsp3) is 0.478. The predicted octanol–water partition coefficient (Wildman–Crippen LogP) is 3.62. The van der Waals surface area contributed by atoms with Gasteiger partial charge in [-0.15, -0.1) is 0 Å². The Morgan fingerprint density at radius 1 is 1.21 bits per heavy atom. The number of fused-ring (bicyclic) bond motifs is 2. The molecule has 1 aromatic heterocycles. The van der Waals surface area contributed by atoms with Crippen LogP contribution in [0, 0.1) is 0 Å². The molecule has 6 nitrogen and oxygen atoms in total. The first kappa shape index (κ1) is 18.3. The number of carbonyl (C=O) groups is 1. The lowest BCUT2D eigenvalue weighted by molar-refractivity contribution is -0.128. The van der Waals surface area contributed by atoms with Crippen LogP contribution < -0.4 is 9.47 Å². The number of aryl methyl sites for hydroxylation is 1. The summed E-state index contributed by atoms with van der Waals surface area (Å²) in [5, 5.41) is 4.75. The van der Waals surface area contributed by atoms with Crippen molar-refractivity contribution in [1.29, 1.82) is 0 Å². The van der Waals surface area contributed by atoms with Crippen LogP contribution in [0.15, 0.2) is 24.3 Å². The number of rotatable bonds is 5. The van der Waals surface area contributed by atoms with Crippen molar-refractivity contribution in [2.45, 2.75) is 57.5 Å². The van der Waals surface area contributed by atoms with E-state index in [0.717, 1.165) is 48.4 Å². The van der Waals surface area contributed by atoms with E-state index < -0.39 is 0 Å². The summed E-state index contributed by atoms with van der Waals surface area (Å²) in [7, 11) is 2.02. The summed E-state index contributed by atoms with van der Waals surface area (Å²) in [6, 6.07) is 6.06. The van der Waals surface area contributed by atoms with Gasteiger partial charge < -0.3 is 14.4 Å². The minimum Gasteiger partial charge on any atom is -0.454 e. The lowest BCUT2D eigenvalue weighted by Gasteiger charge is -2.27. The van der Waals surface area contributed by atoms with Crippen LogP contribution >= 0.6 is 0 Å². The smallest absolute Gasteiger partial charge is 0.247 e. The zero-order valence-corrected chi connectivity index (χ0v) is 16.9. The summed E-state index contributed by atoms with van der Waals surface area (Å²) in [5.74, 6) is 1.55. The van der Waals surface area contributed by atoms with Gasteiger partial charge in [0.1, 0.15) is 0 Å². The zero-order chi connectivity index (χ0) is 19.8. The molecule has 0 bridgehead atoms. The quantitative estimate of drug-likeness (QED) is 0.728. The van der Waals surface area contributed by atoms with Crippen LogP contribution in [0.3, 0.4) is 0 Å². The van der Waals surface area contributed by atoms with Gasteiger partial charge in [0, 0.05) is 24.9 Å². The number of carbonyl (C=O) groups excluding carboxylic acids is 1. The largest absolute Gasteiger partial charge is 0.454 e. The van der Waals surface area contributed by atoms with Crippen LogP contribution in [0.5, 0.6) is 11.5 Å². The van der Waals surface area contributed by atoms with Gasteiger partial charge >= 0.3 is 0 Å². The average Bonchev–Trinajstić information content (AvgIpc) is 3.51. The second-order valence-corrected chi connectivity index (χ2v) is 8.20. The number of ether oxygens (including phenoxy) is 2. The summed E-state index contributed by atoms with van der Waals surface area (Å²) in [5.41, 5.74) is 4.72. The van der Waals surface area contributed by atoms with Crippen LogP contribution in [0.4, 0.5) is 0 Å². The van der Waals surface area contributed by atoms with Crippen LogP contribution in [0.25, 0.3) is 6.08 Å². The van der Waals surface area contributed by atoms with Gasteiger partial charge in [-0.1, -0.05) is 18.9 Å². The van der Waals surface area contributed by atoms with Crippen molar-refractivity contribution in [3.63, 3.8) is 0 Å². The maximum atomic E-state index is 13.2. The molecule has 0 atom stereocenters. The Labute approximate surface area is 171 Å². The molecule has 1 amide bonds. The summed E-state index contributed by atoms with van der Waals surface area (Å²) in [4.78, 5) is 15.2. The Morgan fingerprint density at radius 3 is 2.90 bits per heavy atom. The molecule has 2 aromatic rings. The molecule has 0 saturated heterocycles. The third kappa shape index (κ3) is 3.52. The number of hydrogen-bond acceptors (Lipinski definition) is 4. The third-order valence-corrected chi connectivity index (χ3v) is 6.38. The molecule has 29 heavy (non-hydrogen) atoms. The monoisotopic (exact) mass is 393 g/mol. The zero-order valence-electron chi connectivity index (χ0n) is 16.9. The van der Waals surface area contributed by atoms with Crippen molar-refractivity contribution in [2.24, 2.45) is 7.05 Å². The molecule has 1 fully saturated rings. The van der Waals surface area contributed by atoms with E-state index in [1.54, 1.807) is 6.08 Å². The maximum Gasteiger partial charge on any atom is 0.247 e. The van der Waals surface area contributed by atoms with E-state index in [1.807, 2.05) is 40.9 Å². The standard InChI is InChI=1S/C23H27N3O3/c1-25-20-8-4-7-18(20)19(24-25)14-26(17-5-2-3-6-17)23(27)12-10-16-9-11-21-22(13-16)29-15-28-21/h9-13,17H,2-8,14-15H2,1H3. The lowest BCUT2D eigenvalue weighted by atomic mass is 10.1. The highest BCUT2D eigenvalue weighted by molar-refractivity contribution is 5.92. The Bertz CT molecular complexity index is 957. The SMILES string of the molecule is Cn1nc(CN(C(=O)C=Cc2ccc3c(c2)OCO3)C2CCCC2)c2c1CCC2. The minimum absolute atomic E-state index is 0.0620. The first-order valence-corrected chi connectivity index (χ1v) is 10.6. The molecule has 152 valence electrons. The molecular formula is C23H27N3O3. The molecule has 0 N–H and O–H groups in total. The lowest BCUT2D eigenvalue weighted by Crippen LogP contribution is -2.37. The van der Waals surface area contributed by atoms with Crippen molar-refractivity contribution >= 4 is 12.0 Å². The number of benzene rings is 1. The summed E-state index contributed by atoms with van der Waals surface area (Å²) in [6.45, 7) is 0.865. The van der Waals surface area contributed by atoms with E-state index in [1.165, 1.54) is 30.5 Å². The number of nitrogens with zero attached hydrogens (tertiary/aromatic N) is 3. The third-order valence-electron chi connectivity index (χ3n) is 6.38. The van der Waals surface area contributed by atoms with Gasteiger partial charge in [-0.05, 0) is 61.4 Å². The molecule has 3 aliphatic rings. The van der Waals surface area contributed by atoms with Gasteiger partial charge in [-0.2, -0.15) is 5.10 Å². The van der Waals surface area contributed by atoms with Crippen molar-refractivity contribution in [1.82, 2.24) is 14.7 Å². The molecule has 0 unspecified atom stereocenters. The minimum atomic E-state index is 0.0620. The molecule has 1 aliphatic heterocycles. The maximum absolute atomic E-state index is 13.2. The Kier molecular flexibility index (Phi) is 4.78. The van der Waals surface area contributed by atoms with Crippen LogP contribution in [0.2, 0.25) is 0 Å². The van der Waals surface area contributed by atoms with Gasteiger partial charge in [0.15, 0.2) is 11.5 Å². The van der Waals surface area contributed by atoms with E-state index >= 15 is 0 Å². The van der Waals surface area contributed by atoms with E-state index in [-0.39, 0.29) is 12.7 Å². The highest BCUT2D eigenvalue weighted by atomic mass is 16.7. The topological polar surface area (TPSA) is 56.6 Å². The molecule has 0 radical (unpaired) electrons. The Hall–Kier alpha value is -2.76. The highest BCUT2D eigenvalue weighted by Gasteiger charge is 2.29. The van der Waals surface area contributed by atoms with Gasteiger partial charge in [0.05, 0.1) is 12.2 Å². The fourth-order valence-electron chi connectivity index (χ4n) is 4.87. The van der Waals surface area contributed by atoms with Crippen LogP contribution in [-0.2, 0) is 31.2 Å². The summed E-state index contributed by atoms with van der Waals surface area (Å²) >= 11 is 0. The molecule has 5 rings (SSSR count). The second kappa shape index (κ2) is 7.58. The molecule has 2 aliphatic carbocycles. The van der Waals surface area contributed by atoms with Gasteiger partial charge in [0.2, 0.25) is 12.7 Å². The Morgan fingerprint density at radius 2 is 2.03 bits per heavy atom. The van der Waals surface area contributed by atoms with E-state index in [4.69, 9.17) is 14.6 Å². The summed E-state index contributed by atoms with van der Waals surface area (Å²) in [6.07, 6.45) is 11.5. The molecular weight excluding hydrogens is 366 g/mol. The van der Waals surface area contributed by atoms with Gasteiger partial charge in [-0.25, -0.2) is 0 Å². The molecule has 6 heteroatoms. The van der Waals surface area contributed by atoms with E-state index in [2.05, 4.69) is 0 Å². The van der Waals surface area contributed by atoms with Crippen LogP contribution in [-0.4, -0.2) is 33.4 Å². The van der Waals surface area contributed by atoms with Crippen molar-refractivity contribution in [3.8, 4) is 11.5 Å². The number of amides is 1. The Balaban J connectivity index is 1.36. The van der Waals surface area contributed by atoms with Crippen molar-refractivity contribution in [2.75, 3.05) is 6.79 Å². The predicted molar refractivity (Wildman–Crippen MR) is 110 cm³/mol. The van der Waals surface area contributed by atoms with Gasteiger partial charge in [-0.3, -0.25) is 9.48 Å². The highest BCUT2D eigenvalue weighted by Crippen LogP contribution is 2.33. The molecule has 0 spiro atoms. The van der Waals surface area contributed by atoms with E-state index in [9.17, 15) is 4.79 Å². The van der Waals surface area contributed by atoms with Gasteiger partial charge in [0.25, 0.3) is 0 Å². The van der Waals surface area contributed by atoms with E-state index in [0.29, 0.717) is 12.6 Å². The fourth-order valence-corrected chi connectivity index (χ4v) is 4.87.